The number of aliphatic hydroxyl groups is 1. The zero-order valence-electron chi connectivity index (χ0n) is 19.2. The van der Waals surface area contributed by atoms with Crippen molar-refractivity contribution in [3.8, 4) is 0 Å². The van der Waals surface area contributed by atoms with Gasteiger partial charge < -0.3 is 19.8 Å². The summed E-state index contributed by atoms with van der Waals surface area (Å²) in [5.41, 5.74) is 3.41. The number of anilines is 1. The number of aryl methyl sites for hydroxylation is 1. The first kappa shape index (κ1) is 24.0. The van der Waals surface area contributed by atoms with E-state index in [1.807, 2.05) is 81.3 Å². The molecule has 3 rings (SSSR count). The van der Waals surface area contributed by atoms with Crippen molar-refractivity contribution in [3.05, 3.63) is 69.2 Å². The van der Waals surface area contributed by atoms with Crippen LogP contribution in [-0.4, -0.2) is 67.9 Å². The van der Waals surface area contributed by atoms with E-state index in [4.69, 9.17) is 0 Å². The minimum atomic E-state index is -0.644. The molecule has 7 heteroatoms. The maximum atomic E-state index is 13.1. The number of hydrogen-bond donors (Lipinski definition) is 1. The summed E-state index contributed by atoms with van der Waals surface area (Å²) in [6.45, 7) is 3.14. The van der Waals surface area contributed by atoms with Gasteiger partial charge in [-0.1, -0.05) is 34.1 Å². The van der Waals surface area contributed by atoms with E-state index in [0.717, 1.165) is 34.3 Å². The Balaban J connectivity index is 2.10. The number of ketones is 1. The number of likely N-dealkylation sites (tertiary alicyclic amines) is 1. The van der Waals surface area contributed by atoms with Crippen LogP contribution in [0.2, 0.25) is 0 Å². The first-order chi connectivity index (χ1) is 15.1. The van der Waals surface area contributed by atoms with Crippen LogP contribution in [0.1, 0.15) is 29.2 Å². The van der Waals surface area contributed by atoms with Crippen LogP contribution in [0, 0.1) is 6.92 Å². The van der Waals surface area contributed by atoms with Gasteiger partial charge in [0.05, 0.1) is 11.6 Å². The molecule has 0 radical (unpaired) electrons. The van der Waals surface area contributed by atoms with Gasteiger partial charge in [-0.25, -0.2) is 0 Å². The molecule has 1 heterocycles. The van der Waals surface area contributed by atoms with E-state index in [2.05, 4.69) is 15.9 Å². The molecule has 1 aliphatic rings. The number of amides is 1. The van der Waals surface area contributed by atoms with Gasteiger partial charge in [0.2, 0.25) is 0 Å². The van der Waals surface area contributed by atoms with Crippen molar-refractivity contribution in [3.63, 3.8) is 0 Å². The molecule has 0 bridgehead atoms. The van der Waals surface area contributed by atoms with Gasteiger partial charge in [-0.3, -0.25) is 9.59 Å². The smallest absolute Gasteiger partial charge is 0.295 e. The third-order valence-electron chi connectivity index (χ3n) is 5.70. The van der Waals surface area contributed by atoms with E-state index in [9.17, 15) is 14.7 Å². The second kappa shape index (κ2) is 9.88. The van der Waals surface area contributed by atoms with E-state index in [1.165, 1.54) is 0 Å². The van der Waals surface area contributed by atoms with Crippen molar-refractivity contribution in [1.29, 1.82) is 0 Å². The molecular formula is C25H30BrN3O3. The summed E-state index contributed by atoms with van der Waals surface area (Å²) in [5.74, 6) is -1.36. The van der Waals surface area contributed by atoms with Gasteiger partial charge in [-0.05, 0) is 69.4 Å². The fourth-order valence-electron chi connectivity index (χ4n) is 3.92. The van der Waals surface area contributed by atoms with Gasteiger partial charge in [0.25, 0.3) is 11.7 Å². The van der Waals surface area contributed by atoms with Gasteiger partial charge >= 0.3 is 0 Å². The van der Waals surface area contributed by atoms with Crippen LogP contribution in [0.15, 0.2) is 52.5 Å². The molecule has 1 unspecified atom stereocenters. The first-order valence-corrected chi connectivity index (χ1v) is 11.4. The summed E-state index contributed by atoms with van der Waals surface area (Å²) in [7, 11) is 7.86. The number of aliphatic hydroxyl groups excluding tert-OH is 1. The predicted octanol–water partition coefficient (Wildman–Crippen LogP) is 4.20. The summed E-state index contributed by atoms with van der Waals surface area (Å²) in [6.07, 6.45) is 0.726. The van der Waals surface area contributed by atoms with Crippen molar-refractivity contribution < 1.29 is 14.7 Å². The van der Waals surface area contributed by atoms with E-state index in [-0.39, 0.29) is 11.3 Å². The maximum absolute atomic E-state index is 13.1. The molecule has 6 nitrogen and oxygen atoms in total. The van der Waals surface area contributed by atoms with Crippen molar-refractivity contribution >= 4 is 39.1 Å². The lowest BCUT2D eigenvalue weighted by Gasteiger charge is -2.26. The minimum Gasteiger partial charge on any atom is -0.507 e. The highest BCUT2D eigenvalue weighted by Gasteiger charge is 2.45. The monoisotopic (exact) mass is 499 g/mol. The Morgan fingerprint density at radius 3 is 2.28 bits per heavy atom. The Kier molecular flexibility index (Phi) is 7.41. The summed E-state index contributed by atoms with van der Waals surface area (Å²) in [5, 5.41) is 11.2. The number of Topliss-reactive ketones (excluding diaryl/α,β-unsaturated/α-hetero) is 1. The number of carbonyl (C=O) groups is 2. The molecular weight excluding hydrogens is 470 g/mol. The first-order valence-electron chi connectivity index (χ1n) is 10.6. The minimum absolute atomic E-state index is 0.138. The van der Waals surface area contributed by atoms with Crippen molar-refractivity contribution in [2.75, 3.05) is 46.2 Å². The van der Waals surface area contributed by atoms with Crippen LogP contribution in [0.5, 0.6) is 0 Å². The maximum Gasteiger partial charge on any atom is 0.295 e. The predicted molar refractivity (Wildman–Crippen MR) is 132 cm³/mol. The molecule has 0 aliphatic carbocycles. The molecule has 1 N–H and O–H groups in total. The quantitative estimate of drug-likeness (QED) is 0.351. The van der Waals surface area contributed by atoms with E-state index in [1.54, 1.807) is 11.0 Å². The number of nitrogens with zero attached hydrogens (tertiary/aromatic N) is 3. The van der Waals surface area contributed by atoms with Crippen LogP contribution >= 0.6 is 15.9 Å². The fraction of sp³-hybridized carbons (Fsp3) is 0.360. The van der Waals surface area contributed by atoms with Crippen molar-refractivity contribution in [2.45, 2.75) is 19.4 Å². The molecule has 1 aliphatic heterocycles. The number of halogens is 1. The lowest BCUT2D eigenvalue weighted by Crippen LogP contribution is -2.32. The second-order valence-corrected chi connectivity index (χ2v) is 9.45. The zero-order valence-corrected chi connectivity index (χ0v) is 20.8. The third-order valence-corrected chi connectivity index (χ3v) is 6.59. The standard InChI is InChI=1S/C25H30BrN3O3/c1-16-15-18(9-12-20(16)26)23(30)21-22(17-7-10-19(11-8-17)28(4)5)29(25(32)24(21)31)14-6-13-27(2)3/h7-12,15,22,30H,6,13-14H2,1-5H3/b23-21-. The second-order valence-electron chi connectivity index (χ2n) is 8.60. The molecule has 2 aromatic carbocycles. The Morgan fingerprint density at radius 2 is 1.72 bits per heavy atom. The van der Waals surface area contributed by atoms with E-state index >= 15 is 0 Å². The number of benzene rings is 2. The van der Waals surface area contributed by atoms with Gasteiger partial charge in [0.1, 0.15) is 5.76 Å². The summed E-state index contributed by atoms with van der Waals surface area (Å²) in [4.78, 5) is 31.7. The Morgan fingerprint density at radius 1 is 1.06 bits per heavy atom. The SMILES string of the molecule is Cc1cc(/C(O)=C2/C(=O)C(=O)N(CCCN(C)C)C2c2ccc(N(C)C)cc2)ccc1Br. The highest BCUT2D eigenvalue weighted by molar-refractivity contribution is 9.10. The van der Waals surface area contributed by atoms with E-state index < -0.39 is 17.7 Å². The summed E-state index contributed by atoms with van der Waals surface area (Å²) in [6, 6.07) is 12.5. The molecule has 2 aromatic rings. The average Bonchev–Trinajstić information content (AvgIpc) is 3.00. The molecule has 32 heavy (non-hydrogen) atoms. The lowest BCUT2D eigenvalue weighted by molar-refractivity contribution is -0.139. The Labute approximate surface area is 198 Å². The van der Waals surface area contributed by atoms with Crippen LogP contribution in [0.25, 0.3) is 5.76 Å². The number of carbonyl (C=O) groups excluding carboxylic acids is 2. The van der Waals surface area contributed by atoms with Gasteiger partial charge in [0, 0.05) is 36.4 Å². The highest BCUT2D eigenvalue weighted by Crippen LogP contribution is 2.40. The molecule has 1 saturated heterocycles. The topological polar surface area (TPSA) is 64.1 Å². The molecule has 0 spiro atoms. The Bertz CT molecular complexity index is 1040. The van der Waals surface area contributed by atoms with Crippen molar-refractivity contribution in [1.82, 2.24) is 9.80 Å². The Hall–Kier alpha value is -2.64. The number of hydrogen-bond acceptors (Lipinski definition) is 5. The normalized spacial score (nSPS) is 18.0. The van der Waals surface area contributed by atoms with E-state index in [0.29, 0.717) is 12.1 Å². The van der Waals surface area contributed by atoms with Crippen LogP contribution in [0.3, 0.4) is 0 Å². The molecule has 0 aromatic heterocycles. The van der Waals surface area contributed by atoms with Gasteiger partial charge in [0.15, 0.2) is 0 Å². The van der Waals surface area contributed by atoms with Crippen LogP contribution in [0.4, 0.5) is 5.69 Å². The third kappa shape index (κ3) is 4.89. The average molecular weight is 500 g/mol. The van der Waals surface area contributed by atoms with Crippen molar-refractivity contribution in [2.24, 2.45) is 0 Å². The summed E-state index contributed by atoms with van der Waals surface area (Å²) < 4.78 is 0.911. The largest absolute Gasteiger partial charge is 0.507 e. The molecule has 0 saturated carbocycles. The van der Waals surface area contributed by atoms with Crippen LogP contribution in [-0.2, 0) is 9.59 Å². The lowest BCUT2D eigenvalue weighted by atomic mass is 9.94. The molecule has 170 valence electrons. The molecule has 1 amide bonds. The molecule has 1 atom stereocenters. The highest BCUT2D eigenvalue weighted by atomic mass is 79.9. The van der Waals surface area contributed by atoms with Gasteiger partial charge in [-0.2, -0.15) is 0 Å². The zero-order chi connectivity index (χ0) is 23.6. The van der Waals surface area contributed by atoms with Crippen LogP contribution < -0.4 is 4.90 Å². The fourth-order valence-corrected chi connectivity index (χ4v) is 4.16. The summed E-state index contributed by atoms with van der Waals surface area (Å²) >= 11 is 3.47. The molecule has 1 fully saturated rings. The number of rotatable bonds is 7. The van der Waals surface area contributed by atoms with Gasteiger partial charge in [-0.15, -0.1) is 0 Å².